The smallest absolute Gasteiger partial charge is 0.147 e. The summed E-state index contributed by atoms with van der Waals surface area (Å²) in [4.78, 5) is 13.4. The van der Waals surface area contributed by atoms with E-state index >= 15 is 0 Å². The Bertz CT molecular complexity index is 179. The van der Waals surface area contributed by atoms with Gasteiger partial charge in [-0.3, -0.25) is 9.69 Å². The van der Waals surface area contributed by atoms with E-state index in [1.165, 1.54) is 0 Å². The van der Waals surface area contributed by atoms with E-state index in [-0.39, 0.29) is 16.7 Å². The summed E-state index contributed by atoms with van der Waals surface area (Å²) in [5.74, 6) is 1.23. The van der Waals surface area contributed by atoms with Gasteiger partial charge in [-0.2, -0.15) is 0 Å². The average Bonchev–Trinajstić information content (AvgIpc) is 2.09. The molecule has 2 nitrogen and oxygen atoms in total. The first-order chi connectivity index (χ1) is 4.95. The molecule has 1 rings (SSSR count). The predicted octanol–water partition coefficient (Wildman–Crippen LogP) is 1.36. The molecule has 1 aliphatic rings. The molecule has 1 aliphatic heterocycles. The monoisotopic (exact) mass is 173 g/mol. The number of nitrogens with zero attached hydrogens (tertiary/aromatic N) is 1. The molecule has 0 aromatic carbocycles. The topological polar surface area (TPSA) is 20.3 Å². The van der Waals surface area contributed by atoms with Crippen LogP contribution in [0.3, 0.4) is 0 Å². The van der Waals surface area contributed by atoms with Crippen LogP contribution >= 0.6 is 11.8 Å². The Morgan fingerprint density at radius 3 is 2.36 bits per heavy atom. The van der Waals surface area contributed by atoms with Gasteiger partial charge < -0.3 is 0 Å². The first kappa shape index (κ1) is 9.07. The molecular formula is C8H15NOS. The maximum Gasteiger partial charge on any atom is 0.147 e. The maximum absolute atomic E-state index is 11.1. The first-order valence-electron chi connectivity index (χ1n) is 3.82. The van der Waals surface area contributed by atoms with Crippen molar-refractivity contribution in [1.29, 1.82) is 0 Å². The third-order valence-corrected chi connectivity index (χ3v) is 3.86. The van der Waals surface area contributed by atoms with E-state index in [1.807, 2.05) is 18.8 Å². The zero-order chi connectivity index (χ0) is 8.65. The highest BCUT2D eigenvalue weighted by Crippen LogP contribution is 2.37. The number of likely N-dealkylation sites (N-methyl/N-ethyl adjacent to an activating group) is 1. The van der Waals surface area contributed by atoms with Crippen LogP contribution in [0.4, 0.5) is 0 Å². The molecule has 0 radical (unpaired) electrons. The summed E-state index contributed by atoms with van der Waals surface area (Å²) in [5, 5.41) is 0. The second-order valence-electron chi connectivity index (χ2n) is 3.50. The minimum Gasteiger partial charge on any atom is -0.298 e. The fourth-order valence-electron chi connectivity index (χ4n) is 1.26. The van der Waals surface area contributed by atoms with Gasteiger partial charge in [0.15, 0.2) is 0 Å². The Morgan fingerprint density at radius 2 is 2.18 bits per heavy atom. The van der Waals surface area contributed by atoms with Gasteiger partial charge in [0, 0.05) is 5.75 Å². The number of carbonyl (C=O) groups is 1. The maximum atomic E-state index is 11.1. The van der Waals surface area contributed by atoms with Crippen molar-refractivity contribution < 1.29 is 4.79 Å². The van der Waals surface area contributed by atoms with Crippen molar-refractivity contribution in [2.24, 2.45) is 0 Å². The number of Topliss-reactive ketones (excluding diaryl/α,β-unsaturated/α-hetero) is 1. The van der Waals surface area contributed by atoms with Crippen LogP contribution in [0.15, 0.2) is 0 Å². The van der Waals surface area contributed by atoms with Gasteiger partial charge in [0.2, 0.25) is 0 Å². The number of carbonyl (C=O) groups excluding carboxylic acids is 1. The molecule has 1 atom stereocenters. The summed E-state index contributed by atoms with van der Waals surface area (Å²) in [6.45, 7) is 5.98. The highest BCUT2D eigenvalue weighted by molar-refractivity contribution is 8.00. The Hall–Kier alpha value is -0.0200. The van der Waals surface area contributed by atoms with E-state index in [0.717, 1.165) is 5.75 Å². The molecule has 0 saturated carbocycles. The third-order valence-electron chi connectivity index (χ3n) is 2.38. The standard InChI is InChI=1S/C8H15NOS/c1-6(10)7-5-11-8(2,3)9(7)4/h7H,5H2,1-4H3. The largest absolute Gasteiger partial charge is 0.298 e. The number of thioether (sulfide) groups is 1. The normalized spacial score (nSPS) is 30.7. The number of hydrogen-bond donors (Lipinski definition) is 0. The molecule has 3 heteroatoms. The number of hydrogen-bond acceptors (Lipinski definition) is 3. The lowest BCUT2D eigenvalue weighted by molar-refractivity contribution is -0.121. The second-order valence-corrected chi connectivity index (χ2v) is 5.12. The fraction of sp³-hybridized carbons (Fsp3) is 0.875. The predicted molar refractivity (Wildman–Crippen MR) is 48.8 cm³/mol. The zero-order valence-corrected chi connectivity index (χ0v) is 8.36. The quantitative estimate of drug-likeness (QED) is 0.597. The Labute approximate surface area is 72.3 Å². The zero-order valence-electron chi connectivity index (χ0n) is 7.55. The molecule has 0 aromatic heterocycles. The van der Waals surface area contributed by atoms with E-state index in [2.05, 4.69) is 18.7 Å². The minimum atomic E-state index is 0.134. The van der Waals surface area contributed by atoms with Crippen molar-refractivity contribution >= 4 is 17.5 Å². The molecule has 1 unspecified atom stereocenters. The van der Waals surface area contributed by atoms with Crippen LogP contribution in [0.25, 0.3) is 0 Å². The molecule has 0 amide bonds. The van der Waals surface area contributed by atoms with Gasteiger partial charge in [0.1, 0.15) is 5.78 Å². The van der Waals surface area contributed by atoms with Crippen LogP contribution in [0.5, 0.6) is 0 Å². The van der Waals surface area contributed by atoms with Crippen molar-refractivity contribution in [2.75, 3.05) is 12.8 Å². The molecule has 11 heavy (non-hydrogen) atoms. The van der Waals surface area contributed by atoms with Gasteiger partial charge in [-0.1, -0.05) is 0 Å². The fourth-order valence-corrected chi connectivity index (χ4v) is 2.62. The Morgan fingerprint density at radius 1 is 1.64 bits per heavy atom. The van der Waals surface area contributed by atoms with Crippen LogP contribution in [0.1, 0.15) is 20.8 Å². The SMILES string of the molecule is CC(=O)C1CSC(C)(C)N1C. The van der Waals surface area contributed by atoms with E-state index in [1.54, 1.807) is 6.92 Å². The van der Waals surface area contributed by atoms with Crippen LogP contribution in [0.2, 0.25) is 0 Å². The lowest BCUT2D eigenvalue weighted by Gasteiger charge is -2.29. The van der Waals surface area contributed by atoms with Crippen LogP contribution < -0.4 is 0 Å². The molecule has 1 fully saturated rings. The van der Waals surface area contributed by atoms with Crippen molar-refractivity contribution in [1.82, 2.24) is 4.90 Å². The van der Waals surface area contributed by atoms with Gasteiger partial charge in [0.05, 0.1) is 10.9 Å². The highest BCUT2D eigenvalue weighted by atomic mass is 32.2. The van der Waals surface area contributed by atoms with Crippen molar-refractivity contribution in [3.8, 4) is 0 Å². The molecule has 0 N–H and O–H groups in total. The van der Waals surface area contributed by atoms with Gasteiger partial charge in [0.25, 0.3) is 0 Å². The van der Waals surface area contributed by atoms with Gasteiger partial charge in [-0.25, -0.2) is 0 Å². The minimum absolute atomic E-state index is 0.134. The van der Waals surface area contributed by atoms with Gasteiger partial charge in [-0.15, -0.1) is 11.8 Å². The summed E-state index contributed by atoms with van der Waals surface area (Å²) < 4.78 is 0. The third kappa shape index (κ3) is 1.59. The molecule has 64 valence electrons. The Kier molecular flexibility index (Phi) is 2.30. The lowest BCUT2D eigenvalue weighted by Crippen LogP contribution is -2.42. The summed E-state index contributed by atoms with van der Waals surface area (Å²) in [6, 6.07) is 0.134. The van der Waals surface area contributed by atoms with E-state index < -0.39 is 0 Å². The van der Waals surface area contributed by atoms with Crippen molar-refractivity contribution in [3.63, 3.8) is 0 Å². The molecule has 0 aromatic rings. The summed E-state index contributed by atoms with van der Waals surface area (Å²) in [6.07, 6.45) is 0. The molecule has 0 bridgehead atoms. The van der Waals surface area contributed by atoms with E-state index in [0.29, 0.717) is 0 Å². The number of ketones is 1. The van der Waals surface area contributed by atoms with Gasteiger partial charge in [-0.05, 0) is 27.8 Å². The molecule has 0 aliphatic carbocycles. The molecule has 0 spiro atoms. The molecular weight excluding hydrogens is 158 g/mol. The van der Waals surface area contributed by atoms with Crippen LogP contribution in [-0.4, -0.2) is 34.4 Å². The summed E-state index contributed by atoms with van der Waals surface area (Å²) in [5.41, 5.74) is 0. The van der Waals surface area contributed by atoms with Gasteiger partial charge >= 0.3 is 0 Å². The summed E-state index contributed by atoms with van der Waals surface area (Å²) in [7, 11) is 2.02. The van der Waals surface area contributed by atoms with E-state index in [4.69, 9.17) is 0 Å². The van der Waals surface area contributed by atoms with E-state index in [9.17, 15) is 4.79 Å². The highest BCUT2D eigenvalue weighted by Gasteiger charge is 2.39. The molecule has 1 saturated heterocycles. The van der Waals surface area contributed by atoms with Crippen molar-refractivity contribution in [3.05, 3.63) is 0 Å². The lowest BCUT2D eigenvalue weighted by atomic mass is 10.2. The van der Waals surface area contributed by atoms with Crippen LogP contribution in [0, 0.1) is 0 Å². The van der Waals surface area contributed by atoms with Crippen LogP contribution in [-0.2, 0) is 4.79 Å². The first-order valence-corrected chi connectivity index (χ1v) is 4.81. The average molecular weight is 173 g/mol. The number of rotatable bonds is 1. The van der Waals surface area contributed by atoms with Crippen molar-refractivity contribution in [2.45, 2.75) is 31.7 Å². The molecule has 1 heterocycles. The Balaban J connectivity index is 2.71. The summed E-state index contributed by atoms with van der Waals surface area (Å²) >= 11 is 1.85. The second kappa shape index (κ2) is 2.79.